The SMILES string of the molecule is CCOC(=O)OCC1OC(Oc2ccccc2Cc2ccc(OC)cc2)[C@H](O)[C@@H](O)[C@@H]1O. The fourth-order valence-corrected chi connectivity index (χ4v) is 3.31. The van der Waals surface area contributed by atoms with E-state index in [1.54, 1.807) is 26.2 Å². The molecule has 1 aliphatic rings. The van der Waals surface area contributed by atoms with E-state index in [1.165, 1.54) is 0 Å². The zero-order valence-electron chi connectivity index (χ0n) is 17.9. The van der Waals surface area contributed by atoms with Gasteiger partial charge in [-0.25, -0.2) is 4.79 Å². The van der Waals surface area contributed by atoms with Crippen LogP contribution >= 0.6 is 0 Å². The third kappa shape index (κ3) is 5.89. The molecule has 3 rings (SSSR count). The highest BCUT2D eigenvalue weighted by Crippen LogP contribution is 2.28. The number of ether oxygens (including phenoxy) is 5. The van der Waals surface area contributed by atoms with Crippen molar-refractivity contribution in [3.8, 4) is 11.5 Å². The Morgan fingerprint density at radius 3 is 2.38 bits per heavy atom. The second kappa shape index (κ2) is 11.1. The van der Waals surface area contributed by atoms with Crippen LogP contribution in [0.1, 0.15) is 18.1 Å². The number of carbonyl (C=O) groups excluding carboxylic acids is 1. The molecule has 1 fully saturated rings. The molecule has 2 aromatic carbocycles. The van der Waals surface area contributed by atoms with Crippen LogP contribution in [0.15, 0.2) is 48.5 Å². The monoisotopic (exact) mass is 448 g/mol. The van der Waals surface area contributed by atoms with Gasteiger partial charge < -0.3 is 39.0 Å². The van der Waals surface area contributed by atoms with Crippen LogP contribution in [0.5, 0.6) is 11.5 Å². The minimum Gasteiger partial charge on any atom is -0.497 e. The molecule has 9 nitrogen and oxygen atoms in total. The first-order valence-corrected chi connectivity index (χ1v) is 10.3. The molecular weight excluding hydrogens is 420 g/mol. The van der Waals surface area contributed by atoms with Crippen molar-refractivity contribution in [2.24, 2.45) is 0 Å². The second-order valence-corrected chi connectivity index (χ2v) is 7.26. The molecule has 0 amide bonds. The normalized spacial score (nSPS) is 25.1. The molecule has 9 heteroatoms. The van der Waals surface area contributed by atoms with Gasteiger partial charge in [-0.05, 0) is 36.2 Å². The van der Waals surface area contributed by atoms with Crippen LogP contribution in [0.25, 0.3) is 0 Å². The second-order valence-electron chi connectivity index (χ2n) is 7.26. The minimum absolute atomic E-state index is 0.130. The van der Waals surface area contributed by atoms with Crippen molar-refractivity contribution in [1.29, 1.82) is 0 Å². The van der Waals surface area contributed by atoms with Gasteiger partial charge in [0.15, 0.2) is 0 Å². The molecular formula is C23H28O9. The molecule has 0 saturated carbocycles. The van der Waals surface area contributed by atoms with Crippen LogP contribution in [0.3, 0.4) is 0 Å². The van der Waals surface area contributed by atoms with Crippen molar-refractivity contribution in [3.05, 3.63) is 59.7 Å². The molecule has 0 radical (unpaired) electrons. The first kappa shape index (κ1) is 23.8. The summed E-state index contributed by atoms with van der Waals surface area (Å²) in [5.74, 6) is 1.20. The van der Waals surface area contributed by atoms with Gasteiger partial charge in [0.05, 0.1) is 13.7 Å². The molecule has 1 saturated heterocycles. The Balaban J connectivity index is 1.71. The Morgan fingerprint density at radius 1 is 0.969 bits per heavy atom. The largest absolute Gasteiger partial charge is 0.508 e. The summed E-state index contributed by atoms with van der Waals surface area (Å²) >= 11 is 0. The molecule has 1 aliphatic heterocycles. The highest BCUT2D eigenvalue weighted by molar-refractivity contribution is 5.59. The van der Waals surface area contributed by atoms with Crippen molar-refractivity contribution in [1.82, 2.24) is 0 Å². The summed E-state index contributed by atoms with van der Waals surface area (Å²) in [6.45, 7) is 1.38. The maximum absolute atomic E-state index is 11.4. The van der Waals surface area contributed by atoms with Crippen molar-refractivity contribution in [2.45, 2.75) is 44.1 Å². The first-order chi connectivity index (χ1) is 15.4. The summed E-state index contributed by atoms with van der Waals surface area (Å²) in [5.41, 5.74) is 1.84. The number of hydrogen-bond donors (Lipinski definition) is 3. The van der Waals surface area contributed by atoms with Crippen LogP contribution in [0.2, 0.25) is 0 Å². The predicted octanol–water partition coefficient (Wildman–Crippen LogP) is 1.65. The fraction of sp³-hybridized carbons (Fsp3) is 0.435. The van der Waals surface area contributed by atoms with E-state index in [9.17, 15) is 20.1 Å². The standard InChI is InChI=1S/C23H28O9/c1-3-29-23(27)30-13-18-19(24)20(25)21(26)22(32-18)31-17-7-5-4-6-15(17)12-14-8-10-16(28-2)11-9-14/h4-11,18-22,24-26H,3,12-13H2,1-2H3/t18?,19-,20+,21-,22?/m1/s1. The van der Waals surface area contributed by atoms with Crippen LogP contribution in [0, 0.1) is 0 Å². The van der Waals surface area contributed by atoms with E-state index in [0.29, 0.717) is 12.2 Å². The summed E-state index contributed by atoms with van der Waals surface area (Å²) in [7, 11) is 1.60. The number of rotatable bonds is 8. The summed E-state index contributed by atoms with van der Waals surface area (Å²) in [6.07, 6.45) is -7.34. The molecule has 0 aliphatic carbocycles. The lowest BCUT2D eigenvalue weighted by Gasteiger charge is -2.40. The number of methoxy groups -OCH3 is 1. The molecule has 174 valence electrons. The topological polar surface area (TPSA) is 124 Å². The number of aliphatic hydroxyl groups excluding tert-OH is 3. The fourth-order valence-electron chi connectivity index (χ4n) is 3.31. The maximum atomic E-state index is 11.4. The average molecular weight is 448 g/mol. The highest BCUT2D eigenvalue weighted by atomic mass is 16.7. The molecule has 5 atom stereocenters. The molecule has 32 heavy (non-hydrogen) atoms. The average Bonchev–Trinajstić information content (AvgIpc) is 2.80. The number of hydrogen-bond acceptors (Lipinski definition) is 9. The lowest BCUT2D eigenvalue weighted by atomic mass is 9.99. The first-order valence-electron chi connectivity index (χ1n) is 10.3. The minimum atomic E-state index is -1.56. The summed E-state index contributed by atoms with van der Waals surface area (Å²) in [6, 6.07) is 14.8. The van der Waals surface area contributed by atoms with E-state index in [1.807, 2.05) is 36.4 Å². The summed E-state index contributed by atoms with van der Waals surface area (Å²) in [5, 5.41) is 30.8. The Kier molecular flexibility index (Phi) is 8.29. The number of para-hydroxylation sites is 1. The van der Waals surface area contributed by atoms with E-state index < -0.39 is 36.9 Å². The van der Waals surface area contributed by atoms with Gasteiger partial charge in [-0.3, -0.25) is 0 Å². The Labute approximate surface area is 186 Å². The number of benzene rings is 2. The Morgan fingerprint density at radius 2 is 1.69 bits per heavy atom. The lowest BCUT2D eigenvalue weighted by Crippen LogP contribution is -2.60. The zero-order valence-corrected chi connectivity index (χ0v) is 17.9. The van der Waals surface area contributed by atoms with Crippen molar-refractivity contribution < 1.29 is 43.8 Å². The molecule has 3 N–H and O–H groups in total. The van der Waals surface area contributed by atoms with E-state index >= 15 is 0 Å². The third-order valence-corrected chi connectivity index (χ3v) is 5.07. The van der Waals surface area contributed by atoms with Gasteiger partial charge in [0.1, 0.15) is 42.5 Å². The number of carbonyl (C=O) groups is 1. The maximum Gasteiger partial charge on any atom is 0.508 e. The van der Waals surface area contributed by atoms with Gasteiger partial charge >= 0.3 is 6.16 Å². The van der Waals surface area contributed by atoms with E-state index in [2.05, 4.69) is 4.74 Å². The van der Waals surface area contributed by atoms with Crippen LogP contribution in [-0.2, 0) is 20.6 Å². The van der Waals surface area contributed by atoms with E-state index in [4.69, 9.17) is 18.9 Å². The quantitative estimate of drug-likeness (QED) is 0.517. The Hall–Kier alpha value is -2.85. The number of aliphatic hydroxyl groups is 3. The van der Waals surface area contributed by atoms with Gasteiger partial charge in [-0.15, -0.1) is 0 Å². The molecule has 0 aromatic heterocycles. The van der Waals surface area contributed by atoms with Crippen LogP contribution < -0.4 is 9.47 Å². The zero-order chi connectivity index (χ0) is 23.1. The summed E-state index contributed by atoms with van der Waals surface area (Å²) < 4.78 is 26.2. The molecule has 0 spiro atoms. The van der Waals surface area contributed by atoms with Crippen molar-refractivity contribution >= 4 is 6.16 Å². The van der Waals surface area contributed by atoms with Crippen molar-refractivity contribution in [3.63, 3.8) is 0 Å². The molecule has 1 heterocycles. The van der Waals surface area contributed by atoms with Gasteiger partial charge in [0, 0.05) is 6.42 Å². The molecule has 2 aromatic rings. The van der Waals surface area contributed by atoms with E-state index in [0.717, 1.165) is 16.9 Å². The van der Waals surface area contributed by atoms with Gasteiger partial charge in [-0.2, -0.15) is 0 Å². The smallest absolute Gasteiger partial charge is 0.497 e. The highest BCUT2D eigenvalue weighted by Gasteiger charge is 2.45. The predicted molar refractivity (Wildman–Crippen MR) is 113 cm³/mol. The van der Waals surface area contributed by atoms with Crippen molar-refractivity contribution in [2.75, 3.05) is 20.3 Å². The van der Waals surface area contributed by atoms with Crippen LogP contribution in [-0.4, -0.2) is 72.5 Å². The third-order valence-electron chi connectivity index (χ3n) is 5.07. The van der Waals surface area contributed by atoms with Gasteiger partial charge in [0.25, 0.3) is 0 Å². The molecule has 0 bridgehead atoms. The Bertz CT molecular complexity index is 870. The van der Waals surface area contributed by atoms with Crippen LogP contribution in [0.4, 0.5) is 4.79 Å². The summed E-state index contributed by atoms with van der Waals surface area (Å²) in [4.78, 5) is 11.4. The molecule has 2 unspecified atom stereocenters. The lowest BCUT2D eigenvalue weighted by molar-refractivity contribution is -0.278. The van der Waals surface area contributed by atoms with Gasteiger partial charge in [0.2, 0.25) is 6.29 Å². The van der Waals surface area contributed by atoms with Gasteiger partial charge in [-0.1, -0.05) is 30.3 Å². The van der Waals surface area contributed by atoms with E-state index in [-0.39, 0.29) is 13.2 Å².